The van der Waals surface area contributed by atoms with Crippen LogP contribution in [0.5, 0.6) is 0 Å². The van der Waals surface area contributed by atoms with Crippen molar-refractivity contribution in [3.05, 3.63) is 43.2 Å². The third-order valence-corrected chi connectivity index (χ3v) is 4.37. The number of amides is 1. The Bertz CT molecular complexity index is 792. The van der Waals surface area contributed by atoms with Gasteiger partial charge >= 0.3 is 5.69 Å². The van der Waals surface area contributed by atoms with E-state index in [9.17, 15) is 14.4 Å². The molecule has 0 aliphatic heterocycles. The van der Waals surface area contributed by atoms with E-state index in [0.717, 1.165) is 12.8 Å². The van der Waals surface area contributed by atoms with E-state index < -0.39 is 11.2 Å². The van der Waals surface area contributed by atoms with Crippen LogP contribution in [-0.4, -0.2) is 22.0 Å². The minimum absolute atomic E-state index is 0.0268. The first-order chi connectivity index (χ1) is 11.0. The van der Waals surface area contributed by atoms with Crippen molar-refractivity contribution in [2.45, 2.75) is 33.2 Å². The predicted molar refractivity (Wildman–Crippen MR) is 92.3 cm³/mol. The summed E-state index contributed by atoms with van der Waals surface area (Å²) in [6, 6.07) is 3.45. The van der Waals surface area contributed by atoms with Crippen molar-refractivity contribution in [1.29, 1.82) is 0 Å². The zero-order valence-corrected chi connectivity index (χ0v) is 14.0. The normalized spacial score (nSPS) is 10.7. The molecule has 8 heteroatoms. The van der Waals surface area contributed by atoms with Crippen LogP contribution in [0.1, 0.15) is 36.4 Å². The monoisotopic (exact) mass is 336 g/mol. The highest BCUT2D eigenvalue weighted by Gasteiger charge is 2.24. The number of aromatic nitrogens is 2. The molecule has 0 fully saturated rings. The molecule has 2 aromatic heterocycles. The summed E-state index contributed by atoms with van der Waals surface area (Å²) in [5, 5.41) is 1.79. The number of nitrogens with one attached hydrogen (secondary N) is 1. The first-order valence-corrected chi connectivity index (χ1v) is 8.37. The first-order valence-electron chi connectivity index (χ1n) is 7.49. The van der Waals surface area contributed by atoms with Gasteiger partial charge in [-0.1, -0.05) is 19.4 Å². The zero-order valence-electron chi connectivity index (χ0n) is 13.2. The minimum atomic E-state index is -0.646. The third-order valence-electron chi connectivity index (χ3n) is 3.51. The number of hydrogen-bond acceptors (Lipinski definition) is 5. The maximum absolute atomic E-state index is 12.6. The molecule has 0 aromatic carbocycles. The second-order valence-electron chi connectivity index (χ2n) is 5.03. The van der Waals surface area contributed by atoms with E-state index in [-0.39, 0.29) is 24.0 Å². The maximum Gasteiger partial charge on any atom is 0.330 e. The average molecular weight is 336 g/mol. The van der Waals surface area contributed by atoms with E-state index >= 15 is 0 Å². The van der Waals surface area contributed by atoms with Crippen LogP contribution in [0.4, 0.5) is 11.5 Å². The number of anilines is 2. The van der Waals surface area contributed by atoms with Crippen molar-refractivity contribution in [2.75, 3.05) is 17.2 Å². The van der Waals surface area contributed by atoms with Gasteiger partial charge in [0.1, 0.15) is 5.82 Å². The van der Waals surface area contributed by atoms with E-state index in [0.29, 0.717) is 11.4 Å². The molecule has 0 unspecified atom stereocenters. The quantitative estimate of drug-likeness (QED) is 0.837. The number of unbranched alkanes of at least 4 members (excludes halogenated alkanes) is 1. The molecule has 1 amide bonds. The molecule has 0 saturated heterocycles. The molecule has 0 spiro atoms. The highest BCUT2D eigenvalue weighted by molar-refractivity contribution is 7.12. The Balaban J connectivity index is 2.54. The second-order valence-corrected chi connectivity index (χ2v) is 5.97. The van der Waals surface area contributed by atoms with Gasteiger partial charge in [-0.15, -0.1) is 11.3 Å². The fourth-order valence-corrected chi connectivity index (χ4v) is 2.98. The molecule has 7 nitrogen and oxygen atoms in total. The van der Waals surface area contributed by atoms with E-state index in [1.165, 1.54) is 20.8 Å². The summed E-state index contributed by atoms with van der Waals surface area (Å²) in [4.78, 5) is 40.8. The van der Waals surface area contributed by atoms with Gasteiger partial charge in [0.05, 0.1) is 4.88 Å². The summed E-state index contributed by atoms with van der Waals surface area (Å²) in [5.74, 6) is -0.278. The Labute approximate surface area is 137 Å². The third kappa shape index (κ3) is 3.37. The number of H-pyrrole nitrogens is 1. The van der Waals surface area contributed by atoms with Gasteiger partial charge in [-0.3, -0.25) is 19.1 Å². The highest BCUT2D eigenvalue weighted by atomic mass is 32.1. The Morgan fingerprint density at radius 1 is 1.39 bits per heavy atom. The zero-order chi connectivity index (χ0) is 17.0. The average Bonchev–Trinajstić information content (AvgIpc) is 3.05. The number of carbonyl (C=O) groups excluding carboxylic acids is 1. The predicted octanol–water partition coefficient (Wildman–Crippen LogP) is 1.65. The SMILES string of the molecule is CCCCn1c(N)c(N(CC)C(=O)c2cccs2)c(=O)[nH]c1=O. The van der Waals surface area contributed by atoms with E-state index in [1.54, 1.807) is 24.4 Å². The molecule has 0 saturated carbocycles. The summed E-state index contributed by atoms with van der Waals surface area (Å²) in [5.41, 5.74) is 4.88. The molecule has 0 aliphatic carbocycles. The molecular weight excluding hydrogens is 316 g/mol. The van der Waals surface area contributed by atoms with Gasteiger partial charge in [0.15, 0.2) is 5.69 Å². The van der Waals surface area contributed by atoms with Crippen molar-refractivity contribution in [2.24, 2.45) is 0 Å². The van der Waals surface area contributed by atoms with Crippen LogP contribution in [0.25, 0.3) is 0 Å². The van der Waals surface area contributed by atoms with E-state index in [2.05, 4.69) is 4.98 Å². The molecule has 124 valence electrons. The molecule has 23 heavy (non-hydrogen) atoms. The van der Waals surface area contributed by atoms with Crippen LogP contribution in [0.3, 0.4) is 0 Å². The largest absolute Gasteiger partial charge is 0.383 e. The topological polar surface area (TPSA) is 101 Å². The summed E-state index contributed by atoms with van der Waals surface area (Å²) in [6.07, 6.45) is 1.63. The fourth-order valence-electron chi connectivity index (χ4n) is 2.31. The van der Waals surface area contributed by atoms with E-state index in [4.69, 9.17) is 5.73 Å². The van der Waals surface area contributed by atoms with Gasteiger partial charge in [0.25, 0.3) is 11.5 Å². The highest BCUT2D eigenvalue weighted by Crippen LogP contribution is 2.21. The number of nitrogens with zero attached hydrogens (tertiary/aromatic N) is 2. The fraction of sp³-hybridized carbons (Fsp3) is 0.400. The van der Waals surface area contributed by atoms with Gasteiger partial charge in [-0.05, 0) is 24.8 Å². The Hall–Kier alpha value is -2.35. The Kier molecular flexibility index (Phi) is 5.38. The minimum Gasteiger partial charge on any atom is -0.383 e. The van der Waals surface area contributed by atoms with Gasteiger partial charge in [-0.25, -0.2) is 4.79 Å². The van der Waals surface area contributed by atoms with Crippen LogP contribution in [-0.2, 0) is 6.54 Å². The van der Waals surface area contributed by atoms with Crippen molar-refractivity contribution in [3.63, 3.8) is 0 Å². The lowest BCUT2D eigenvalue weighted by Crippen LogP contribution is -2.41. The molecular formula is C15H20N4O3S. The number of rotatable bonds is 6. The summed E-state index contributed by atoms with van der Waals surface area (Å²) >= 11 is 1.29. The van der Waals surface area contributed by atoms with Crippen molar-refractivity contribution in [1.82, 2.24) is 9.55 Å². The molecule has 0 atom stereocenters. The van der Waals surface area contributed by atoms with Crippen LogP contribution in [0.15, 0.2) is 27.1 Å². The van der Waals surface area contributed by atoms with Crippen LogP contribution < -0.4 is 21.9 Å². The molecule has 2 rings (SSSR count). The summed E-state index contributed by atoms with van der Waals surface area (Å²) in [7, 11) is 0. The molecule has 0 aliphatic rings. The second kappa shape index (κ2) is 7.28. The number of nitrogen functional groups attached to an aromatic ring is 1. The number of aromatic amines is 1. The van der Waals surface area contributed by atoms with Gasteiger partial charge in [0.2, 0.25) is 0 Å². The van der Waals surface area contributed by atoms with Crippen molar-refractivity contribution in [3.8, 4) is 0 Å². The number of nitrogens with two attached hydrogens (primary N) is 1. The molecule has 0 radical (unpaired) electrons. The van der Waals surface area contributed by atoms with Crippen molar-refractivity contribution < 1.29 is 4.79 Å². The molecule has 2 heterocycles. The van der Waals surface area contributed by atoms with Crippen LogP contribution in [0, 0.1) is 0 Å². The molecule has 2 aromatic rings. The van der Waals surface area contributed by atoms with Gasteiger partial charge in [0, 0.05) is 13.1 Å². The number of thiophene rings is 1. The molecule has 3 N–H and O–H groups in total. The lowest BCUT2D eigenvalue weighted by atomic mass is 10.3. The van der Waals surface area contributed by atoms with E-state index in [1.807, 2.05) is 6.92 Å². The van der Waals surface area contributed by atoms with Gasteiger partial charge < -0.3 is 10.6 Å². The first kappa shape index (κ1) is 17.0. The smallest absolute Gasteiger partial charge is 0.330 e. The van der Waals surface area contributed by atoms with Gasteiger partial charge in [-0.2, -0.15) is 0 Å². The summed E-state index contributed by atoms with van der Waals surface area (Å²) in [6.45, 7) is 4.42. The Morgan fingerprint density at radius 3 is 2.70 bits per heavy atom. The lowest BCUT2D eigenvalue weighted by molar-refractivity contribution is 0.0992. The lowest BCUT2D eigenvalue weighted by Gasteiger charge is -2.22. The Morgan fingerprint density at radius 2 is 2.13 bits per heavy atom. The van der Waals surface area contributed by atoms with Crippen LogP contribution >= 0.6 is 11.3 Å². The maximum atomic E-state index is 12.6. The van der Waals surface area contributed by atoms with Crippen molar-refractivity contribution >= 4 is 28.7 Å². The number of carbonyl (C=O) groups is 1. The number of hydrogen-bond donors (Lipinski definition) is 2. The molecule has 0 bridgehead atoms. The van der Waals surface area contributed by atoms with Crippen LogP contribution in [0.2, 0.25) is 0 Å². The summed E-state index contributed by atoms with van der Waals surface area (Å²) < 4.78 is 1.31. The standard InChI is InChI=1S/C15H20N4O3S/c1-3-5-8-19-12(16)11(13(20)17-15(19)22)18(4-2)14(21)10-7-6-9-23-10/h6-7,9H,3-5,8,16H2,1-2H3,(H,17,20,22).